The first-order valence-electron chi connectivity index (χ1n) is 7.46. The molecule has 0 spiro atoms. The van der Waals surface area contributed by atoms with E-state index in [-0.39, 0.29) is 10.7 Å². The van der Waals surface area contributed by atoms with Crippen molar-refractivity contribution in [3.05, 3.63) is 57.3 Å². The molecule has 13 heteroatoms. The largest absolute Gasteiger partial charge is 0.417 e. The Kier molecular flexibility index (Phi) is 6.63. The molecule has 2 aromatic rings. The summed E-state index contributed by atoms with van der Waals surface area (Å²) in [5.74, 6) is -2.28. The number of halogens is 8. The average molecular weight is 460 g/mol. The van der Waals surface area contributed by atoms with Gasteiger partial charge in [0.25, 0.3) is 11.8 Å². The maximum absolute atomic E-state index is 12.6. The van der Waals surface area contributed by atoms with Crippen LogP contribution in [0.3, 0.4) is 0 Å². The summed E-state index contributed by atoms with van der Waals surface area (Å²) in [6.45, 7) is -1.63. The molecule has 0 saturated carbocycles. The molecule has 0 aliphatic carbocycles. The van der Waals surface area contributed by atoms with E-state index in [2.05, 4.69) is 10.3 Å². The first-order chi connectivity index (χ1) is 13.3. The number of carbonyl (C=O) groups excluding carboxylic acids is 2. The van der Waals surface area contributed by atoms with Gasteiger partial charge < -0.3 is 10.6 Å². The fraction of sp³-hybridized carbons (Fsp3) is 0.188. The summed E-state index contributed by atoms with van der Waals surface area (Å²) in [7, 11) is 0. The number of amides is 2. The lowest BCUT2D eigenvalue weighted by molar-refractivity contribution is -0.137. The Morgan fingerprint density at radius 3 is 2.21 bits per heavy atom. The van der Waals surface area contributed by atoms with Crippen LogP contribution in [0, 0.1) is 0 Å². The van der Waals surface area contributed by atoms with Gasteiger partial charge in [-0.05, 0) is 24.3 Å². The number of hydrogen-bond acceptors (Lipinski definition) is 3. The number of hydrogen-bond donors (Lipinski definition) is 2. The average Bonchev–Trinajstić information content (AvgIpc) is 2.59. The van der Waals surface area contributed by atoms with Gasteiger partial charge >= 0.3 is 12.4 Å². The van der Waals surface area contributed by atoms with Crippen LogP contribution in [0.4, 0.5) is 32.0 Å². The maximum atomic E-state index is 12.6. The molecule has 0 fully saturated rings. The summed E-state index contributed by atoms with van der Waals surface area (Å²) in [4.78, 5) is 27.7. The third-order valence-corrected chi connectivity index (χ3v) is 3.83. The summed E-state index contributed by atoms with van der Waals surface area (Å²) in [6, 6.07) is 3.85. The zero-order valence-electron chi connectivity index (χ0n) is 13.9. The van der Waals surface area contributed by atoms with Crippen LogP contribution in [0.5, 0.6) is 0 Å². The van der Waals surface area contributed by atoms with Crippen LogP contribution >= 0.6 is 23.2 Å². The third kappa shape index (κ3) is 6.23. The summed E-state index contributed by atoms with van der Waals surface area (Å²) >= 11 is 11.4. The molecule has 1 aromatic heterocycles. The van der Waals surface area contributed by atoms with Crippen molar-refractivity contribution in [2.24, 2.45) is 0 Å². The second kappa shape index (κ2) is 8.46. The minimum absolute atomic E-state index is 0.00848. The van der Waals surface area contributed by atoms with Crippen molar-refractivity contribution in [2.75, 3.05) is 11.9 Å². The molecule has 5 nitrogen and oxygen atoms in total. The molecule has 0 radical (unpaired) electrons. The van der Waals surface area contributed by atoms with E-state index < -0.39 is 52.6 Å². The third-order valence-electron chi connectivity index (χ3n) is 3.31. The van der Waals surface area contributed by atoms with Gasteiger partial charge in [-0.15, -0.1) is 0 Å². The molecular weight excluding hydrogens is 451 g/mol. The molecule has 1 heterocycles. The molecular formula is C16H9Cl2F6N3O2. The summed E-state index contributed by atoms with van der Waals surface area (Å²) < 4.78 is 74.8. The van der Waals surface area contributed by atoms with E-state index >= 15 is 0 Å². The Morgan fingerprint density at radius 2 is 1.66 bits per heavy atom. The zero-order valence-corrected chi connectivity index (χ0v) is 15.4. The number of alkyl halides is 6. The minimum Gasteiger partial charge on any atom is -0.343 e. The summed E-state index contributed by atoms with van der Waals surface area (Å²) in [5, 5.41) is 3.15. The molecule has 0 unspecified atom stereocenters. The number of nitrogens with zero attached hydrogens (tertiary/aromatic N) is 1. The van der Waals surface area contributed by atoms with Gasteiger partial charge in [0.15, 0.2) is 0 Å². The molecule has 0 bridgehead atoms. The summed E-state index contributed by atoms with van der Waals surface area (Å²) in [6.07, 6.45) is -9.01. The number of anilines is 1. The van der Waals surface area contributed by atoms with Crippen molar-refractivity contribution in [3.8, 4) is 0 Å². The van der Waals surface area contributed by atoms with Crippen molar-refractivity contribution in [1.29, 1.82) is 0 Å². The van der Waals surface area contributed by atoms with E-state index in [1.54, 1.807) is 5.32 Å². The lowest BCUT2D eigenvalue weighted by atomic mass is 10.1. The Morgan fingerprint density at radius 1 is 1.00 bits per heavy atom. The van der Waals surface area contributed by atoms with E-state index in [0.717, 1.165) is 12.1 Å². The highest BCUT2D eigenvalue weighted by Gasteiger charge is 2.32. The zero-order chi connectivity index (χ0) is 22.0. The fourth-order valence-electron chi connectivity index (χ4n) is 2.03. The van der Waals surface area contributed by atoms with Gasteiger partial charge in [0.2, 0.25) is 0 Å². The number of benzene rings is 1. The summed E-state index contributed by atoms with van der Waals surface area (Å²) in [5.41, 5.74) is -2.43. The monoisotopic (exact) mass is 459 g/mol. The van der Waals surface area contributed by atoms with Gasteiger partial charge in [-0.3, -0.25) is 9.59 Å². The molecule has 1 aromatic carbocycles. The molecule has 2 N–H and O–H groups in total. The van der Waals surface area contributed by atoms with Crippen molar-refractivity contribution >= 4 is 40.7 Å². The predicted molar refractivity (Wildman–Crippen MR) is 92.0 cm³/mol. The van der Waals surface area contributed by atoms with E-state index in [0.29, 0.717) is 12.3 Å². The standard InChI is InChI=1S/C16H9Cl2F6N3O2/c17-8-1-2-11(9(4-8)13(28)26-6-15(19,20)21)27-14(29)12-10(18)3-7(5-25-12)16(22,23)24/h1-5H,6H2,(H,26,28)(H,27,29). The number of carbonyl (C=O) groups is 2. The molecule has 0 aliphatic heterocycles. The normalized spacial score (nSPS) is 11.9. The lowest BCUT2D eigenvalue weighted by Crippen LogP contribution is -2.34. The van der Waals surface area contributed by atoms with Gasteiger partial charge in [0.1, 0.15) is 12.2 Å². The molecule has 2 rings (SSSR count). The van der Waals surface area contributed by atoms with E-state index in [1.807, 2.05) is 0 Å². The lowest BCUT2D eigenvalue weighted by Gasteiger charge is -2.14. The highest BCUT2D eigenvalue weighted by molar-refractivity contribution is 6.34. The van der Waals surface area contributed by atoms with Crippen LogP contribution in [0.1, 0.15) is 26.4 Å². The van der Waals surface area contributed by atoms with Gasteiger partial charge in [-0.25, -0.2) is 4.98 Å². The van der Waals surface area contributed by atoms with Crippen molar-refractivity contribution in [1.82, 2.24) is 10.3 Å². The molecule has 0 atom stereocenters. The highest BCUT2D eigenvalue weighted by atomic mass is 35.5. The highest BCUT2D eigenvalue weighted by Crippen LogP contribution is 2.31. The predicted octanol–water partition coefficient (Wildman–Crippen LogP) is 4.95. The number of pyridine rings is 1. The smallest absolute Gasteiger partial charge is 0.343 e. The van der Waals surface area contributed by atoms with Crippen LogP contribution in [0.25, 0.3) is 0 Å². The van der Waals surface area contributed by atoms with E-state index in [9.17, 15) is 35.9 Å². The number of aromatic nitrogens is 1. The topological polar surface area (TPSA) is 71.1 Å². The Balaban J connectivity index is 2.28. The molecule has 0 saturated heterocycles. The van der Waals surface area contributed by atoms with Gasteiger partial charge in [-0.1, -0.05) is 23.2 Å². The van der Waals surface area contributed by atoms with Crippen molar-refractivity contribution in [3.63, 3.8) is 0 Å². The van der Waals surface area contributed by atoms with Gasteiger partial charge in [0, 0.05) is 11.2 Å². The second-order valence-corrected chi connectivity index (χ2v) is 6.34. The first kappa shape index (κ1) is 22.8. The SMILES string of the molecule is O=C(NCC(F)(F)F)c1cc(Cl)ccc1NC(=O)c1ncc(C(F)(F)F)cc1Cl. The fourth-order valence-corrected chi connectivity index (χ4v) is 2.45. The Labute approximate surface area is 169 Å². The van der Waals surface area contributed by atoms with Gasteiger partial charge in [0.05, 0.1) is 21.8 Å². The van der Waals surface area contributed by atoms with Crippen molar-refractivity contribution in [2.45, 2.75) is 12.4 Å². The van der Waals surface area contributed by atoms with Crippen LogP contribution in [-0.4, -0.2) is 29.5 Å². The second-order valence-electron chi connectivity index (χ2n) is 5.49. The van der Waals surface area contributed by atoms with E-state index in [1.165, 1.54) is 6.07 Å². The molecule has 0 aliphatic rings. The van der Waals surface area contributed by atoms with Crippen molar-refractivity contribution < 1.29 is 35.9 Å². The van der Waals surface area contributed by atoms with E-state index in [4.69, 9.17) is 23.2 Å². The van der Waals surface area contributed by atoms with Crippen LogP contribution in [-0.2, 0) is 6.18 Å². The molecule has 2 amide bonds. The maximum Gasteiger partial charge on any atom is 0.417 e. The van der Waals surface area contributed by atoms with Gasteiger partial charge in [-0.2, -0.15) is 26.3 Å². The molecule has 156 valence electrons. The Hall–Kier alpha value is -2.53. The minimum atomic E-state index is -4.73. The van der Waals surface area contributed by atoms with Crippen LogP contribution in [0.15, 0.2) is 30.5 Å². The quantitative estimate of drug-likeness (QED) is 0.635. The first-order valence-corrected chi connectivity index (χ1v) is 8.22. The molecule has 29 heavy (non-hydrogen) atoms. The Bertz CT molecular complexity index is 947. The number of nitrogens with one attached hydrogen (secondary N) is 2. The van der Waals surface area contributed by atoms with Crippen LogP contribution in [0.2, 0.25) is 10.0 Å². The van der Waals surface area contributed by atoms with Crippen LogP contribution < -0.4 is 10.6 Å². The number of rotatable bonds is 4.